The molecule has 1 rings (SSSR count). The van der Waals surface area contributed by atoms with Crippen molar-refractivity contribution < 1.29 is 13.5 Å². The Labute approximate surface area is 101 Å². The first kappa shape index (κ1) is 14.1. The summed E-state index contributed by atoms with van der Waals surface area (Å²) in [6, 6.07) is 7.76. The van der Waals surface area contributed by atoms with Crippen LogP contribution in [-0.4, -0.2) is 26.1 Å². The Morgan fingerprint density at radius 2 is 1.88 bits per heavy atom. The van der Waals surface area contributed by atoms with Gasteiger partial charge in [0, 0.05) is 6.54 Å². The van der Waals surface area contributed by atoms with Gasteiger partial charge < -0.3 is 10.1 Å². The third-order valence-corrected chi connectivity index (χ3v) is 2.45. The van der Waals surface area contributed by atoms with Crippen LogP contribution in [0.5, 0.6) is 0 Å². The molecule has 0 saturated heterocycles. The summed E-state index contributed by atoms with van der Waals surface area (Å²) < 4.78 is 29.5. The summed E-state index contributed by atoms with van der Waals surface area (Å²) >= 11 is 0. The highest BCUT2D eigenvalue weighted by Crippen LogP contribution is 2.18. The highest BCUT2D eigenvalue weighted by atomic mass is 19.3. The molecular weight excluding hydrogens is 224 g/mol. The fourth-order valence-corrected chi connectivity index (χ4v) is 1.52. The van der Waals surface area contributed by atoms with Crippen LogP contribution >= 0.6 is 0 Å². The Balaban J connectivity index is 2.63. The van der Waals surface area contributed by atoms with Crippen molar-refractivity contribution >= 4 is 0 Å². The van der Waals surface area contributed by atoms with E-state index in [1.165, 1.54) is 0 Å². The largest absolute Gasteiger partial charge is 0.366 e. The average Bonchev–Trinajstić information content (AvgIpc) is 2.30. The molecular formula is C13H19F2NO. The van der Waals surface area contributed by atoms with Crippen LogP contribution in [-0.2, 0) is 4.74 Å². The molecule has 1 unspecified atom stereocenters. The average molecular weight is 243 g/mol. The van der Waals surface area contributed by atoms with Crippen LogP contribution < -0.4 is 5.32 Å². The Morgan fingerprint density at radius 1 is 1.24 bits per heavy atom. The van der Waals surface area contributed by atoms with E-state index in [0.717, 1.165) is 17.7 Å². The number of hydrogen-bond donors (Lipinski definition) is 1. The molecule has 0 aromatic heterocycles. The summed E-state index contributed by atoms with van der Waals surface area (Å²) in [5, 5.41) is 3.12. The molecule has 4 heteroatoms. The maximum absolute atomic E-state index is 12.2. The zero-order valence-electron chi connectivity index (χ0n) is 10.2. The maximum atomic E-state index is 12.2. The van der Waals surface area contributed by atoms with Crippen LogP contribution in [0.15, 0.2) is 24.3 Å². The van der Waals surface area contributed by atoms with Crippen LogP contribution in [0.3, 0.4) is 0 Å². The van der Waals surface area contributed by atoms with Crippen molar-refractivity contribution in [1.29, 1.82) is 0 Å². The second-order valence-corrected chi connectivity index (χ2v) is 3.93. The smallest absolute Gasteiger partial charge is 0.261 e. The highest BCUT2D eigenvalue weighted by Gasteiger charge is 2.14. The first-order valence-corrected chi connectivity index (χ1v) is 5.80. The molecule has 1 atom stereocenters. The molecule has 2 nitrogen and oxygen atoms in total. The van der Waals surface area contributed by atoms with Crippen LogP contribution in [0.1, 0.15) is 24.2 Å². The summed E-state index contributed by atoms with van der Waals surface area (Å²) in [6.07, 6.45) is -2.74. The quantitative estimate of drug-likeness (QED) is 0.795. The van der Waals surface area contributed by atoms with Crippen molar-refractivity contribution in [2.75, 3.05) is 19.7 Å². The number of aryl methyl sites for hydroxylation is 1. The summed E-state index contributed by atoms with van der Waals surface area (Å²) in [5.74, 6) is 0. The number of rotatable bonds is 7. The first-order chi connectivity index (χ1) is 8.13. The predicted molar refractivity (Wildman–Crippen MR) is 64.4 cm³/mol. The Bertz CT molecular complexity index is 314. The lowest BCUT2D eigenvalue weighted by Crippen LogP contribution is -2.24. The monoisotopic (exact) mass is 243 g/mol. The lowest BCUT2D eigenvalue weighted by Gasteiger charge is -2.18. The molecule has 96 valence electrons. The molecule has 0 spiro atoms. The third kappa shape index (κ3) is 5.24. The number of halogens is 2. The van der Waals surface area contributed by atoms with Crippen LogP contribution in [0.2, 0.25) is 0 Å². The summed E-state index contributed by atoms with van der Waals surface area (Å²) in [7, 11) is 0. The van der Waals surface area contributed by atoms with Crippen molar-refractivity contribution in [2.24, 2.45) is 0 Å². The van der Waals surface area contributed by atoms with Gasteiger partial charge in [-0.05, 0) is 19.0 Å². The van der Waals surface area contributed by atoms with E-state index in [0.29, 0.717) is 6.54 Å². The fraction of sp³-hybridized carbons (Fsp3) is 0.538. The van der Waals surface area contributed by atoms with Gasteiger partial charge in [-0.2, -0.15) is 0 Å². The van der Waals surface area contributed by atoms with Crippen LogP contribution in [0.4, 0.5) is 8.78 Å². The molecule has 0 heterocycles. The molecule has 0 fully saturated rings. The van der Waals surface area contributed by atoms with E-state index in [9.17, 15) is 8.78 Å². The fourth-order valence-electron chi connectivity index (χ4n) is 1.52. The van der Waals surface area contributed by atoms with Gasteiger partial charge in [0.15, 0.2) is 0 Å². The van der Waals surface area contributed by atoms with Crippen LogP contribution in [0, 0.1) is 6.92 Å². The van der Waals surface area contributed by atoms with Gasteiger partial charge in [0.05, 0.1) is 6.10 Å². The van der Waals surface area contributed by atoms with Gasteiger partial charge in [0.2, 0.25) is 0 Å². The normalized spacial score (nSPS) is 13.0. The molecule has 0 aliphatic rings. The molecule has 0 amide bonds. The second kappa shape index (κ2) is 7.35. The van der Waals surface area contributed by atoms with E-state index in [-0.39, 0.29) is 6.10 Å². The molecule has 1 N–H and O–H groups in total. The molecule has 17 heavy (non-hydrogen) atoms. The number of ether oxygens (including phenoxy) is 1. The molecule has 1 aromatic rings. The highest BCUT2D eigenvalue weighted by molar-refractivity contribution is 5.23. The first-order valence-electron chi connectivity index (χ1n) is 5.80. The minimum absolute atomic E-state index is 0.315. The van der Waals surface area contributed by atoms with Gasteiger partial charge >= 0.3 is 0 Å². The molecule has 0 saturated carbocycles. The maximum Gasteiger partial charge on any atom is 0.261 e. The molecule has 0 aliphatic heterocycles. The van der Waals surface area contributed by atoms with Gasteiger partial charge in [-0.3, -0.25) is 0 Å². The molecule has 0 bridgehead atoms. The third-order valence-electron chi connectivity index (χ3n) is 2.45. The van der Waals surface area contributed by atoms with E-state index in [4.69, 9.17) is 4.74 Å². The second-order valence-electron chi connectivity index (χ2n) is 3.93. The Kier molecular flexibility index (Phi) is 6.08. The molecule has 1 aromatic carbocycles. The number of hydrogen-bond acceptors (Lipinski definition) is 2. The number of alkyl halides is 2. The van der Waals surface area contributed by atoms with Gasteiger partial charge in [-0.15, -0.1) is 0 Å². The summed E-state index contributed by atoms with van der Waals surface area (Å²) in [4.78, 5) is 0. The van der Waals surface area contributed by atoms with Crippen LogP contribution in [0.25, 0.3) is 0 Å². The van der Waals surface area contributed by atoms with Gasteiger partial charge in [-0.1, -0.05) is 36.8 Å². The van der Waals surface area contributed by atoms with E-state index in [2.05, 4.69) is 5.32 Å². The van der Waals surface area contributed by atoms with E-state index < -0.39 is 13.0 Å². The minimum Gasteiger partial charge on any atom is -0.366 e. The molecule has 0 radical (unpaired) electrons. The van der Waals surface area contributed by atoms with Gasteiger partial charge in [0.1, 0.15) is 6.61 Å². The van der Waals surface area contributed by atoms with Crippen molar-refractivity contribution in [1.82, 2.24) is 5.32 Å². The van der Waals surface area contributed by atoms with Gasteiger partial charge in [0.25, 0.3) is 6.43 Å². The van der Waals surface area contributed by atoms with Crippen molar-refractivity contribution in [3.8, 4) is 0 Å². The Morgan fingerprint density at radius 3 is 2.41 bits per heavy atom. The Hall–Kier alpha value is -1.00. The number of nitrogens with one attached hydrogen (secondary N) is 1. The number of benzene rings is 1. The van der Waals surface area contributed by atoms with Crippen molar-refractivity contribution in [2.45, 2.75) is 26.4 Å². The van der Waals surface area contributed by atoms with E-state index in [1.54, 1.807) is 0 Å². The standard InChI is InChI=1S/C13H19F2NO/c1-3-16-8-12(17-9-13(14)15)11-6-4-10(2)5-7-11/h4-7,12-13,16H,3,8-9H2,1-2H3. The molecule has 0 aliphatic carbocycles. The van der Waals surface area contributed by atoms with E-state index in [1.807, 2.05) is 38.1 Å². The van der Waals surface area contributed by atoms with Crippen molar-refractivity contribution in [3.63, 3.8) is 0 Å². The summed E-state index contributed by atoms with van der Waals surface area (Å²) in [6.45, 7) is 4.78. The van der Waals surface area contributed by atoms with Crippen molar-refractivity contribution in [3.05, 3.63) is 35.4 Å². The number of likely N-dealkylation sites (N-methyl/N-ethyl adjacent to an activating group) is 1. The van der Waals surface area contributed by atoms with Gasteiger partial charge in [-0.25, -0.2) is 8.78 Å². The lowest BCUT2D eigenvalue weighted by molar-refractivity contribution is -0.0244. The summed E-state index contributed by atoms with van der Waals surface area (Å²) in [5.41, 5.74) is 2.07. The minimum atomic E-state index is -2.43. The zero-order chi connectivity index (χ0) is 12.7. The predicted octanol–water partition coefficient (Wildman–Crippen LogP) is 2.93. The SMILES string of the molecule is CCNCC(OCC(F)F)c1ccc(C)cc1. The lowest BCUT2D eigenvalue weighted by atomic mass is 10.1. The van der Waals surface area contributed by atoms with E-state index >= 15 is 0 Å². The zero-order valence-corrected chi connectivity index (χ0v) is 10.2. The topological polar surface area (TPSA) is 21.3 Å².